The molecule has 2 aromatic heterocycles. The lowest BCUT2D eigenvalue weighted by Gasteiger charge is -1.97. The smallest absolute Gasteiger partial charge is 0.152 e. The van der Waals surface area contributed by atoms with Crippen LogP contribution in [0.25, 0.3) is 21.7 Å². The lowest BCUT2D eigenvalue weighted by molar-refractivity contribution is 0.870. The number of nitrogens with one attached hydrogen (secondary N) is 1. The molecule has 19 heavy (non-hydrogen) atoms. The van der Waals surface area contributed by atoms with Gasteiger partial charge in [0.15, 0.2) is 5.82 Å². The second-order valence-corrected chi connectivity index (χ2v) is 5.59. The predicted molar refractivity (Wildman–Crippen MR) is 78.5 cm³/mol. The highest BCUT2D eigenvalue weighted by Gasteiger charge is 2.14. The number of aromatic amines is 1. The summed E-state index contributed by atoms with van der Waals surface area (Å²) in [7, 11) is 0. The Hall–Kier alpha value is -1.75. The zero-order valence-electron chi connectivity index (χ0n) is 11.3. The van der Waals surface area contributed by atoms with E-state index in [1.54, 1.807) is 0 Å². The SMILES string of the molecule is CCCc1nnsc1-c1nc2cc(C)c(C)cc2[nH]1. The summed E-state index contributed by atoms with van der Waals surface area (Å²) >= 11 is 1.41. The quantitative estimate of drug-likeness (QED) is 0.791. The van der Waals surface area contributed by atoms with Crippen molar-refractivity contribution in [1.82, 2.24) is 19.6 Å². The van der Waals surface area contributed by atoms with E-state index in [2.05, 4.69) is 52.5 Å². The average molecular weight is 272 g/mol. The van der Waals surface area contributed by atoms with Crippen LogP contribution in [0.3, 0.4) is 0 Å². The summed E-state index contributed by atoms with van der Waals surface area (Å²) < 4.78 is 4.05. The van der Waals surface area contributed by atoms with Gasteiger partial charge in [-0.05, 0) is 55.1 Å². The van der Waals surface area contributed by atoms with Gasteiger partial charge in [0.25, 0.3) is 0 Å². The molecule has 0 fully saturated rings. The van der Waals surface area contributed by atoms with Crippen LogP contribution in [-0.2, 0) is 6.42 Å². The molecular formula is C14H16N4S. The molecule has 0 atom stereocenters. The van der Waals surface area contributed by atoms with Crippen LogP contribution in [0.5, 0.6) is 0 Å². The van der Waals surface area contributed by atoms with Gasteiger partial charge in [-0.1, -0.05) is 17.8 Å². The second-order valence-electron chi connectivity index (χ2n) is 4.84. The van der Waals surface area contributed by atoms with Gasteiger partial charge in [-0.3, -0.25) is 0 Å². The van der Waals surface area contributed by atoms with E-state index < -0.39 is 0 Å². The number of fused-ring (bicyclic) bond motifs is 1. The second kappa shape index (κ2) is 4.74. The third-order valence-corrected chi connectivity index (χ3v) is 4.13. The van der Waals surface area contributed by atoms with Crippen LogP contribution in [0.2, 0.25) is 0 Å². The summed E-state index contributed by atoms with van der Waals surface area (Å²) in [5, 5.41) is 4.20. The molecule has 0 amide bonds. The molecule has 3 aromatic rings. The summed E-state index contributed by atoms with van der Waals surface area (Å²) in [5.74, 6) is 0.887. The zero-order valence-corrected chi connectivity index (χ0v) is 12.1. The molecule has 0 aliphatic carbocycles. The largest absolute Gasteiger partial charge is 0.337 e. The monoisotopic (exact) mass is 272 g/mol. The van der Waals surface area contributed by atoms with Crippen molar-refractivity contribution in [3.63, 3.8) is 0 Å². The van der Waals surface area contributed by atoms with Crippen molar-refractivity contribution in [3.8, 4) is 10.7 Å². The molecule has 4 nitrogen and oxygen atoms in total. The van der Waals surface area contributed by atoms with Gasteiger partial charge < -0.3 is 4.98 Å². The molecule has 0 aliphatic rings. The van der Waals surface area contributed by atoms with E-state index in [9.17, 15) is 0 Å². The fraction of sp³-hybridized carbons (Fsp3) is 0.357. The van der Waals surface area contributed by atoms with Gasteiger partial charge in [0, 0.05) is 0 Å². The van der Waals surface area contributed by atoms with Crippen LogP contribution >= 0.6 is 11.5 Å². The standard InChI is InChI=1S/C14H16N4S/c1-4-5-10-13(19-18-17-10)14-15-11-6-8(2)9(3)7-12(11)16-14/h6-7H,4-5H2,1-3H3,(H,15,16). The molecule has 5 heteroatoms. The minimum Gasteiger partial charge on any atom is -0.337 e. The van der Waals surface area contributed by atoms with Crippen molar-refractivity contribution in [2.75, 3.05) is 0 Å². The molecule has 2 heterocycles. The molecule has 0 saturated carbocycles. The van der Waals surface area contributed by atoms with Gasteiger partial charge in [-0.25, -0.2) is 4.98 Å². The van der Waals surface area contributed by atoms with Gasteiger partial charge in [0.05, 0.1) is 16.7 Å². The van der Waals surface area contributed by atoms with Gasteiger partial charge >= 0.3 is 0 Å². The zero-order chi connectivity index (χ0) is 13.4. The van der Waals surface area contributed by atoms with Crippen LogP contribution < -0.4 is 0 Å². The Morgan fingerprint density at radius 3 is 2.79 bits per heavy atom. The fourth-order valence-corrected chi connectivity index (χ4v) is 2.82. The van der Waals surface area contributed by atoms with E-state index in [1.807, 2.05) is 0 Å². The van der Waals surface area contributed by atoms with Crippen molar-refractivity contribution < 1.29 is 0 Å². The number of hydrogen-bond donors (Lipinski definition) is 1. The molecule has 0 bridgehead atoms. The van der Waals surface area contributed by atoms with Crippen LogP contribution in [0.1, 0.15) is 30.2 Å². The lowest BCUT2D eigenvalue weighted by Crippen LogP contribution is -1.88. The topological polar surface area (TPSA) is 54.5 Å². The summed E-state index contributed by atoms with van der Waals surface area (Å²) in [5.41, 5.74) is 5.67. The third-order valence-electron chi connectivity index (χ3n) is 3.35. The molecule has 1 aromatic carbocycles. The highest BCUT2D eigenvalue weighted by atomic mass is 32.1. The molecule has 0 aliphatic heterocycles. The first-order valence-corrected chi connectivity index (χ1v) is 7.25. The van der Waals surface area contributed by atoms with E-state index >= 15 is 0 Å². The van der Waals surface area contributed by atoms with Crippen molar-refractivity contribution in [3.05, 3.63) is 29.0 Å². The first-order chi connectivity index (χ1) is 9.19. The highest BCUT2D eigenvalue weighted by Crippen LogP contribution is 2.27. The summed E-state index contributed by atoms with van der Waals surface area (Å²) in [6.45, 7) is 6.38. The first-order valence-electron chi connectivity index (χ1n) is 6.47. The number of benzene rings is 1. The number of nitrogens with zero attached hydrogens (tertiary/aromatic N) is 3. The number of H-pyrrole nitrogens is 1. The Kier molecular flexibility index (Phi) is 3.06. The van der Waals surface area contributed by atoms with E-state index in [4.69, 9.17) is 0 Å². The number of hydrogen-bond acceptors (Lipinski definition) is 4. The van der Waals surface area contributed by atoms with Crippen LogP contribution in [0.15, 0.2) is 12.1 Å². The number of rotatable bonds is 3. The maximum Gasteiger partial charge on any atom is 0.152 e. The fourth-order valence-electron chi connectivity index (χ4n) is 2.17. The van der Waals surface area contributed by atoms with Crippen molar-refractivity contribution in [1.29, 1.82) is 0 Å². The van der Waals surface area contributed by atoms with Crippen LogP contribution in [0.4, 0.5) is 0 Å². The van der Waals surface area contributed by atoms with Crippen molar-refractivity contribution in [2.24, 2.45) is 0 Å². The van der Waals surface area contributed by atoms with E-state index in [-0.39, 0.29) is 0 Å². The Morgan fingerprint density at radius 2 is 2.00 bits per heavy atom. The molecule has 0 saturated heterocycles. The van der Waals surface area contributed by atoms with Gasteiger partial charge in [-0.2, -0.15) is 0 Å². The Morgan fingerprint density at radius 1 is 1.21 bits per heavy atom. The summed E-state index contributed by atoms with van der Waals surface area (Å²) in [6, 6.07) is 4.27. The van der Waals surface area contributed by atoms with Crippen molar-refractivity contribution >= 4 is 22.6 Å². The maximum absolute atomic E-state index is 4.67. The normalized spacial score (nSPS) is 11.3. The van der Waals surface area contributed by atoms with E-state index in [1.165, 1.54) is 22.7 Å². The van der Waals surface area contributed by atoms with Gasteiger partial charge in [0.2, 0.25) is 0 Å². The molecule has 98 valence electrons. The molecule has 0 radical (unpaired) electrons. The van der Waals surface area contributed by atoms with Crippen LogP contribution in [-0.4, -0.2) is 19.6 Å². The molecule has 0 spiro atoms. The Bertz CT molecular complexity index is 687. The Labute approximate surface area is 116 Å². The maximum atomic E-state index is 4.67. The first kappa shape index (κ1) is 12.3. The lowest BCUT2D eigenvalue weighted by atomic mass is 10.1. The van der Waals surface area contributed by atoms with Gasteiger partial charge in [0.1, 0.15) is 4.88 Å². The predicted octanol–water partition coefficient (Wildman–Crippen LogP) is 3.65. The van der Waals surface area contributed by atoms with Gasteiger partial charge in [-0.15, -0.1) is 5.10 Å². The minimum absolute atomic E-state index is 0.887. The van der Waals surface area contributed by atoms with E-state index in [0.717, 1.165) is 40.3 Å². The number of aromatic nitrogens is 4. The summed E-state index contributed by atoms with van der Waals surface area (Å²) in [6.07, 6.45) is 2.01. The van der Waals surface area contributed by atoms with E-state index in [0.29, 0.717) is 0 Å². The number of imidazole rings is 1. The number of aryl methyl sites for hydroxylation is 3. The molecule has 1 N–H and O–H groups in total. The highest BCUT2D eigenvalue weighted by molar-refractivity contribution is 7.09. The minimum atomic E-state index is 0.887. The summed E-state index contributed by atoms with van der Waals surface area (Å²) in [4.78, 5) is 9.12. The average Bonchev–Trinajstić information content (AvgIpc) is 2.96. The molecule has 0 unspecified atom stereocenters. The molecule has 3 rings (SSSR count). The Balaban J connectivity index is 2.12. The van der Waals surface area contributed by atoms with Crippen molar-refractivity contribution in [2.45, 2.75) is 33.6 Å². The third kappa shape index (κ3) is 2.14. The molecular weight excluding hydrogens is 256 g/mol. The van der Waals surface area contributed by atoms with Crippen LogP contribution in [0, 0.1) is 13.8 Å².